The summed E-state index contributed by atoms with van der Waals surface area (Å²) in [4.78, 5) is 11.8. The molecule has 0 aromatic rings. The molecule has 0 radical (unpaired) electrons. The van der Waals surface area contributed by atoms with Gasteiger partial charge in [0.25, 0.3) is 0 Å². The molecule has 3 heteroatoms. The van der Waals surface area contributed by atoms with Gasteiger partial charge in [0.05, 0.1) is 6.04 Å². The lowest BCUT2D eigenvalue weighted by Gasteiger charge is -2.17. The lowest BCUT2D eigenvalue weighted by Crippen LogP contribution is -2.45. The van der Waals surface area contributed by atoms with Gasteiger partial charge >= 0.3 is 0 Å². The second-order valence-corrected chi connectivity index (χ2v) is 5.79. The van der Waals surface area contributed by atoms with Crippen molar-refractivity contribution in [3.63, 3.8) is 0 Å². The summed E-state index contributed by atoms with van der Waals surface area (Å²) in [5.41, 5.74) is 0. The van der Waals surface area contributed by atoms with Crippen LogP contribution in [-0.4, -0.2) is 24.5 Å². The van der Waals surface area contributed by atoms with E-state index in [4.69, 9.17) is 0 Å². The highest BCUT2D eigenvalue weighted by molar-refractivity contribution is 5.81. The molecular formula is C15H30N2O. The molecule has 3 nitrogen and oxygen atoms in total. The first-order valence-corrected chi connectivity index (χ1v) is 7.67. The molecule has 1 rings (SSSR count). The van der Waals surface area contributed by atoms with E-state index < -0.39 is 0 Å². The number of hydrogen-bond donors (Lipinski definition) is 2. The summed E-state index contributed by atoms with van der Waals surface area (Å²) in [6, 6.07) is 0.211. The smallest absolute Gasteiger partial charge is 0.237 e. The molecule has 0 aromatic carbocycles. The van der Waals surface area contributed by atoms with E-state index >= 15 is 0 Å². The quantitative estimate of drug-likeness (QED) is 0.654. The topological polar surface area (TPSA) is 41.1 Å². The van der Waals surface area contributed by atoms with Gasteiger partial charge in [-0.1, -0.05) is 32.6 Å². The molecule has 0 bridgehead atoms. The maximum atomic E-state index is 11.8. The lowest BCUT2D eigenvalue weighted by molar-refractivity contribution is -0.123. The number of carbonyl (C=O) groups is 1. The molecule has 2 unspecified atom stereocenters. The maximum Gasteiger partial charge on any atom is 0.237 e. The SMILES string of the molecule is CCC(C)NC(=O)C(C)NCCCC1CCCC1. The van der Waals surface area contributed by atoms with Gasteiger partial charge in [-0.3, -0.25) is 4.79 Å². The second kappa shape index (κ2) is 8.52. The Balaban J connectivity index is 2.04. The van der Waals surface area contributed by atoms with Crippen LogP contribution in [0.5, 0.6) is 0 Å². The van der Waals surface area contributed by atoms with E-state index in [1.54, 1.807) is 0 Å². The molecule has 1 aliphatic rings. The predicted molar refractivity (Wildman–Crippen MR) is 76.6 cm³/mol. The Kier molecular flexibility index (Phi) is 7.33. The Morgan fingerprint density at radius 1 is 1.28 bits per heavy atom. The Labute approximate surface area is 112 Å². The van der Waals surface area contributed by atoms with Crippen LogP contribution in [0.4, 0.5) is 0 Å². The first-order chi connectivity index (χ1) is 8.63. The zero-order valence-corrected chi connectivity index (χ0v) is 12.3. The van der Waals surface area contributed by atoms with Crippen LogP contribution in [0.1, 0.15) is 65.7 Å². The normalized spacial score (nSPS) is 19.7. The highest BCUT2D eigenvalue weighted by atomic mass is 16.2. The molecule has 0 aromatic heterocycles. The first-order valence-electron chi connectivity index (χ1n) is 7.67. The van der Waals surface area contributed by atoms with Crippen LogP contribution in [0.3, 0.4) is 0 Å². The van der Waals surface area contributed by atoms with Crippen LogP contribution in [0.2, 0.25) is 0 Å². The van der Waals surface area contributed by atoms with Crippen LogP contribution in [0, 0.1) is 5.92 Å². The van der Waals surface area contributed by atoms with Crippen molar-refractivity contribution in [1.82, 2.24) is 10.6 Å². The summed E-state index contributed by atoms with van der Waals surface area (Å²) >= 11 is 0. The molecule has 1 amide bonds. The molecule has 0 heterocycles. The third-order valence-corrected chi connectivity index (χ3v) is 4.11. The molecule has 106 valence electrons. The van der Waals surface area contributed by atoms with Gasteiger partial charge in [-0.25, -0.2) is 0 Å². The Morgan fingerprint density at radius 3 is 2.56 bits per heavy atom. The van der Waals surface area contributed by atoms with Crippen molar-refractivity contribution in [3.05, 3.63) is 0 Å². The van der Waals surface area contributed by atoms with Crippen LogP contribution in [0.25, 0.3) is 0 Å². The molecule has 1 aliphatic carbocycles. The van der Waals surface area contributed by atoms with Gasteiger partial charge < -0.3 is 10.6 Å². The lowest BCUT2D eigenvalue weighted by atomic mass is 10.0. The summed E-state index contributed by atoms with van der Waals surface area (Å²) in [7, 11) is 0. The first kappa shape index (κ1) is 15.5. The third kappa shape index (κ3) is 5.85. The van der Waals surface area contributed by atoms with Crippen molar-refractivity contribution in [3.8, 4) is 0 Å². The van der Waals surface area contributed by atoms with Gasteiger partial charge in [-0.05, 0) is 45.6 Å². The molecular weight excluding hydrogens is 224 g/mol. The molecule has 0 saturated heterocycles. The van der Waals surface area contributed by atoms with Crippen LogP contribution in [-0.2, 0) is 4.79 Å². The van der Waals surface area contributed by atoms with Crippen LogP contribution in [0.15, 0.2) is 0 Å². The number of rotatable bonds is 8. The molecule has 2 N–H and O–H groups in total. The highest BCUT2D eigenvalue weighted by Crippen LogP contribution is 2.28. The van der Waals surface area contributed by atoms with E-state index in [-0.39, 0.29) is 18.0 Å². The van der Waals surface area contributed by atoms with Crippen molar-refractivity contribution >= 4 is 5.91 Å². The fourth-order valence-electron chi connectivity index (χ4n) is 2.57. The summed E-state index contributed by atoms with van der Waals surface area (Å²) in [5.74, 6) is 1.08. The Hall–Kier alpha value is -0.570. The van der Waals surface area contributed by atoms with Gasteiger partial charge in [0, 0.05) is 6.04 Å². The Morgan fingerprint density at radius 2 is 1.94 bits per heavy atom. The zero-order chi connectivity index (χ0) is 13.4. The van der Waals surface area contributed by atoms with Crippen molar-refractivity contribution in [2.24, 2.45) is 5.92 Å². The largest absolute Gasteiger partial charge is 0.352 e. The zero-order valence-electron chi connectivity index (χ0n) is 12.3. The predicted octanol–water partition coefficient (Wildman–Crippen LogP) is 2.85. The van der Waals surface area contributed by atoms with Crippen LogP contribution < -0.4 is 10.6 Å². The Bertz CT molecular complexity index is 237. The summed E-state index contributed by atoms with van der Waals surface area (Å²) in [6.07, 6.45) is 9.20. The van der Waals surface area contributed by atoms with E-state index in [1.807, 2.05) is 13.8 Å². The van der Waals surface area contributed by atoms with E-state index in [1.165, 1.54) is 38.5 Å². The summed E-state index contributed by atoms with van der Waals surface area (Å²) in [5, 5.41) is 6.33. The minimum absolute atomic E-state index is 0.0671. The molecule has 0 spiro atoms. The van der Waals surface area contributed by atoms with Crippen molar-refractivity contribution in [2.45, 2.75) is 77.8 Å². The minimum atomic E-state index is -0.0671. The number of hydrogen-bond acceptors (Lipinski definition) is 2. The molecule has 2 atom stereocenters. The second-order valence-electron chi connectivity index (χ2n) is 5.79. The van der Waals surface area contributed by atoms with Crippen molar-refractivity contribution in [1.29, 1.82) is 0 Å². The van der Waals surface area contributed by atoms with E-state index in [0.29, 0.717) is 0 Å². The van der Waals surface area contributed by atoms with Gasteiger partial charge in [0.1, 0.15) is 0 Å². The number of nitrogens with one attached hydrogen (secondary N) is 2. The van der Waals surface area contributed by atoms with Crippen molar-refractivity contribution in [2.75, 3.05) is 6.54 Å². The van der Waals surface area contributed by atoms with E-state index in [9.17, 15) is 4.79 Å². The number of carbonyl (C=O) groups excluding carboxylic acids is 1. The fourth-order valence-corrected chi connectivity index (χ4v) is 2.57. The average molecular weight is 254 g/mol. The molecule has 1 fully saturated rings. The maximum absolute atomic E-state index is 11.8. The average Bonchev–Trinajstić information content (AvgIpc) is 2.87. The van der Waals surface area contributed by atoms with Gasteiger partial charge in [0.15, 0.2) is 0 Å². The van der Waals surface area contributed by atoms with E-state index in [2.05, 4.69) is 17.6 Å². The van der Waals surface area contributed by atoms with Gasteiger partial charge in [-0.2, -0.15) is 0 Å². The molecule has 0 aliphatic heterocycles. The number of amides is 1. The van der Waals surface area contributed by atoms with E-state index in [0.717, 1.165) is 18.9 Å². The third-order valence-electron chi connectivity index (χ3n) is 4.11. The van der Waals surface area contributed by atoms with Crippen LogP contribution >= 0.6 is 0 Å². The molecule has 18 heavy (non-hydrogen) atoms. The standard InChI is InChI=1S/C15H30N2O/c1-4-12(2)17-15(18)13(3)16-11-7-10-14-8-5-6-9-14/h12-14,16H,4-11H2,1-3H3,(H,17,18). The summed E-state index contributed by atoms with van der Waals surface area (Å²) in [6.45, 7) is 7.05. The van der Waals surface area contributed by atoms with Crippen molar-refractivity contribution < 1.29 is 4.79 Å². The summed E-state index contributed by atoms with van der Waals surface area (Å²) < 4.78 is 0. The van der Waals surface area contributed by atoms with Gasteiger partial charge in [-0.15, -0.1) is 0 Å². The monoisotopic (exact) mass is 254 g/mol. The molecule has 1 saturated carbocycles. The fraction of sp³-hybridized carbons (Fsp3) is 0.933. The minimum Gasteiger partial charge on any atom is -0.352 e. The van der Waals surface area contributed by atoms with Gasteiger partial charge in [0.2, 0.25) is 5.91 Å². The highest BCUT2D eigenvalue weighted by Gasteiger charge is 2.16.